The third-order valence-electron chi connectivity index (χ3n) is 3.23. The molecule has 0 radical (unpaired) electrons. The molecule has 0 saturated carbocycles. The number of hydrogen-bond acceptors (Lipinski definition) is 4. The number of anilines is 1. The average Bonchev–Trinajstić information content (AvgIpc) is 2.90. The van der Waals surface area contributed by atoms with E-state index in [-0.39, 0.29) is 5.91 Å². The van der Waals surface area contributed by atoms with E-state index in [1.807, 2.05) is 23.7 Å². The van der Waals surface area contributed by atoms with Gasteiger partial charge in [-0.3, -0.25) is 4.79 Å². The van der Waals surface area contributed by atoms with Crippen molar-refractivity contribution in [2.24, 2.45) is 0 Å². The molecule has 1 aromatic rings. The Morgan fingerprint density at radius 3 is 2.94 bits per heavy atom. The Bertz CT molecular complexity index is 445. The van der Waals surface area contributed by atoms with Crippen molar-refractivity contribution in [1.82, 2.24) is 4.90 Å². The Morgan fingerprint density at radius 2 is 2.33 bits per heavy atom. The first kappa shape index (κ1) is 13.1. The zero-order chi connectivity index (χ0) is 13.1. The van der Waals surface area contributed by atoms with E-state index >= 15 is 0 Å². The molecule has 0 bridgehead atoms. The van der Waals surface area contributed by atoms with Crippen LogP contribution in [0.1, 0.15) is 16.8 Å². The minimum absolute atomic E-state index is 0.000602. The maximum Gasteiger partial charge on any atom is 0.257 e. The summed E-state index contributed by atoms with van der Waals surface area (Å²) in [5.41, 5.74) is 6.87. The van der Waals surface area contributed by atoms with Gasteiger partial charge in [-0.05, 0) is 24.3 Å². The SMILES string of the molecule is COc1cc(N)ccc1C(=O)N(C)C1CCSC1. The highest BCUT2D eigenvalue weighted by atomic mass is 32.2. The molecule has 0 spiro atoms. The van der Waals surface area contributed by atoms with Crippen molar-refractivity contribution in [3.05, 3.63) is 23.8 Å². The largest absolute Gasteiger partial charge is 0.496 e. The van der Waals surface area contributed by atoms with E-state index < -0.39 is 0 Å². The van der Waals surface area contributed by atoms with Gasteiger partial charge in [0.1, 0.15) is 5.75 Å². The van der Waals surface area contributed by atoms with Gasteiger partial charge in [-0.25, -0.2) is 0 Å². The number of nitrogen functional groups attached to an aromatic ring is 1. The van der Waals surface area contributed by atoms with Crippen molar-refractivity contribution in [2.45, 2.75) is 12.5 Å². The first-order valence-corrected chi connectivity index (χ1v) is 7.07. The topological polar surface area (TPSA) is 55.6 Å². The molecule has 0 aliphatic carbocycles. The molecule has 1 aromatic carbocycles. The molecule has 1 unspecified atom stereocenters. The molecule has 1 fully saturated rings. The van der Waals surface area contributed by atoms with Gasteiger partial charge in [-0.15, -0.1) is 0 Å². The monoisotopic (exact) mass is 266 g/mol. The van der Waals surface area contributed by atoms with E-state index in [1.54, 1.807) is 25.3 Å². The molecular weight excluding hydrogens is 248 g/mol. The normalized spacial score (nSPS) is 18.7. The highest BCUT2D eigenvalue weighted by Gasteiger charge is 2.26. The number of rotatable bonds is 3. The van der Waals surface area contributed by atoms with Crippen molar-refractivity contribution in [2.75, 3.05) is 31.4 Å². The standard InChI is InChI=1S/C13H18N2O2S/c1-15(10-5-6-18-8-10)13(16)11-4-3-9(14)7-12(11)17-2/h3-4,7,10H,5-6,8,14H2,1-2H3. The van der Waals surface area contributed by atoms with Crippen molar-refractivity contribution in [3.8, 4) is 5.75 Å². The van der Waals surface area contributed by atoms with Gasteiger partial charge in [0, 0.05) is 30.6 Å². The number of ether oxygens (including phenoxy) is 1. The Balaban J connectivity index is 2.22. The molecule has 0 aromatic heterocycles. The van der Waals surface area contributed by atoms with Gasteiger partial charge >= 0.3 is 0 Å². The van der Waals surface area contributed by atoms with Crippen LogP contribution in [0, 0.1) is 0 Å². The smallest absolute Gasteiger partial charge is 0.257 e. The zero-order valence-electron chi connectivity index (χ0n) is 10.7. The van der Waals surface area contributed by atoms with Crippen LogP contribution in [-0.2, 0) is 0 Å². The van der Waals surface area contributed by atoms with Crippen LogP contribution in [0.4, 0.5) is 5.69 Å². The van der Waals surface area contributed by atoms with Crippen LogP contribution >= 0.6 is 11.8 Å². The number of nitrogens with two attached hydrogens (primary N) is 1. The Morgan fingerprint density at radius 1 is 1.56 bits per heavy atom. The number of amides is 1. The first-order chi connectivity index (χ1) is 8.63. The Labute approximate surface area is 111 Å². The second-order valence-corrected chi connectivity index (χ2v) is 5.54. The second kappa shape index (κ2) is 5.52. The summed E-state index contributed by atoms with van der Waals surface area (Å²) < 4.78 is 5.23. The van der Waals surface area contributed by atoms with Gasteiger partial charge in [0.05, 0.1) is 12.7 Å². The summed E-state index contributed by atoms with van der Waals surface area (Å²) >= 11 is 1.89. The number of benzene rings is 1. The quantitative estimate of drug-likeness (QED) is 0.848. The molecule has 2 N–H and O–H groups in total. The number of nitrogens with zero attached hydrogens (tertiary/aromatic N) is 1. The van der Waals surface area contributed by atoms with E-state index in [9.17, 15) is 4.79 Å². The van der Waals surface area contributed by atoms with Gasteiger partial charge in [0.25, 0.3) is 5.91 Å². The molecule has 1 amide bonds. The summed E-state index contributed by atoms with van der Waals surface area (Å²) in [6.07, 6.45) is 1.06. The van der Waals surface area contributed by atoms with E-state index in [0.717, 1.165) is 17.9 Å². The molecule has 5 heteroatoms. The highest BCUT2D eigenvalue weighted by molar-refractivity contribution is 7.99. The van der Waals surface area contributed by atoms with Crippen molar-refractivity contribution in [3.63, 3.8) is 0 Å². The number of carbonyl (C=O) groups excluding carboxylic acids is 1. The van der Waals surface area contributed by atoms with Gasteiger partial charge in [-0.2, -0.15) is 11.8 Å². The van der Waals surface area contributed by atoms with Crippen LogP contribution in [-0.4, -0.2) is 42.5 Å². The molecule has 18 heavy (non-hydrogen) atoms. The van der Waals surface area contributed by atoms with Crippen LogP contribution in [0.15, 0.2) is 18.2 Å². The molecule has 1 aliphatic rings. The van der Waals surface area contributed by atoms with E-state index in [0.29, 0.717) is 23.0 Å². The first-order valence-electron chi connectivity index (χ1n) is 5.92. The van der Waals surface area contributed by atoms with Crippen LogP contribution in [0.3, 0.4) is 0 Å². The number of carbonyl (C=O) groups is 1. The molecule has 2 rings (SSSR count). The van der Waals surface area contributed by atoms with Crippen LogP contribution in [0.5, 0.6) is 5.75 Å². The van der Waals surface area contributed by atoms with E-state index in [1.165, 1.54) is 0 Å². The lowest BCUT2D eigenvalue weighted by Crippen LogP contribution is -2.37. The summed E-state index contributed by atoms with van der Waals surface area (Å²) in [5.74, 6) is 2.68. The molecule has 98 valence electrons. The number of thioether (sulfide) groups is 1. The van der Waals surface area contributed by atoms with E-state index in [4.69, 9.17) is 10.5 Å². The second-order valence-electron chi connectivity index (χ2n) is 4.39. The molecule has 1 atom stereocenters. The predicted octanol–water partition coefficient (Wildman–Crippen LogP) is 1.85. The maximum absolute atomic E-state index is 12.4. The summed E-state index contributed by atoms with van der Waals surface area (Å²) in [6.45, 7) is 0. The summed E-state index contributed by atoms with van der Waals surface area (Å²) in [7, 11) is 3.41. The summed E-state index contributed by atoms with van der Waals surface area (Å²) in [6, 6.07) is 5.47. The summed E-state index contributed by atoms with van der Waals surface area (Å²) in [4.78, 5) is 14.2. The molecule has 1 saturated heterocycles. The minimum Gasteiger partial charge on any atom is -0.496 e. The number of methoxy groups -OCH3 is 1. The van der Waals surface area contributed by atoms with Gasteiger partial charge in [0.15, 0.2) is 0 Å². The van der Waals surface area contributed by atoms with Crippen LogP contribution in [0.2, 0.25) is 0 Å². The molecule has 1 aliphatic heterocycles. The van der Waals surface area contributed by atoms with Gasteiger partial charge < -0.3 is 15.4 Å². The highest BCUT2D eigenvalue weighted by Crippen LogP contribution is 2.26. The Hall–Kier alpha value is -1.36. The fourth-order valence-corrected chi connectivity index (χ4v) is 3.34. The zero-order valence-corrected chi connectivity index (χ0v) is 11.5. The third-order valence-corrected chi connectivity index (χ3v) is 4.37. The van der Waals surface area contributed by atoms with Crippen LogP contribution in [0.25, 0.3) is 0 Å². The lowest BCUT2D eigenvalue weighted by Gasteiger charge is -2.24. The van der Waals surface area contributed by atoms with Crippen molar-refractivity contribution in [1.29, 1.82) is 0 Å². The maximum atomic E-state index is 12.4. The molecule has 4 nitrogen and oxygen atoms in total. The fraction of sp³-hybridized carbons (Fsp3) is 0.462. The number of hydrogen-bond donors (Lipinski definition) is 1. The van der Waals surface area contributed by atoms with E-state index in [2.05, 4.69) is 0 Å². The third kappa shape index (κ3) is 2.56. The predicted molar refractivity (Wildman–Crippen MR) is 75.2 cm³/mol. The van der Waals surface area contributed by atoms with Gasteiger partial charge in [0.2, 0.25) is 0 Å². The van der Waals surface area contributed by atoms with Gasteiger partial charge in [-0.1, -0.05) is 0 Å². The van der Waals surface area contributed by atoms with Crippen LogP contribution < -0.4 is 10.5 Å². The Kier molecular flexibility index (Phi) is 4.01. The molecular formula is C13H18N2O2S. The lowest BCUT2D eigenvalue weighted by atomic mass is 10.1. The average molecular weight is 266 g/mol. The summed E-state index contributed by atoms with van der Waals surface area (Å²) in [5, 5.41) is 0. The fourth-order valence-electron chi connectivity index (χ4n) is 2.07. The molecule has 1 heterocycles. The van der Waals surface area contributed by atoms with Crippen molar-refractivity contribution >= 4 is 23.4 Å². The minimum atomic E-state index is -0.000602. The van der Waals surface area contributed by atoms with Crippen molar-refractivity contribution < 1.29 is 9.53 Å². The lowest BCUT2D eigenvalue weighted by molar-refractivity contribution is 0.0744.